The second kappa shape index (κ2) is 11.7. The number of hydrogen-bond donors (Lipinski definition) is 1. The van der Waals surface area contributed by atoms with Gasteiger partial charge in [-0.2, -0.15) is 0 Å². The third kappa shape index (κ3) is 6.84. The van der Waals surface area contributed by atoms with Gasteiger partial charge in [0, 0.05) is 69.4 Å². The van der Waals surface area contributed by atoms with Gasteiger partial charge in [-0.15, -0.1) is 0 Å². The van der Waals surface area contributed by atoms with Crippen LogP contribution in [0, 0.1) is 0 Å². The number of rotatable bonds is 9. The number of ether oxygens (including phenoxy) is 2. The van der Waals surface area contributed by atoms with Crippen molar-refractivity contribution < 1.29 is 14.3 Å². The number of hydrogen-bond acceptors (Lipinski definition) is 5. The molecule has 1 amide bonds. The predicted octanol–water partition coefficient (Wildman–Crippen LogP) is 4.54. The van der Waals surface area contributed by atoms with Gasteiger partial charge in [0.25, 0.3) is 0 Å². The fourth-order valence-electron chi connectivity index (χ4n) is 3.48. The number of benzene rings is 1. The SMILES string of the molecule is C=C(NCc1ccc(Cl)cc1)c1cc(OC2CCN(C(C)=O)CC2)c(/C=C/COC)cn1. The van der Waals surface area contributed by atoms with E-state index in [0.717, 1.165) is 35.4 Å². The standard InChI is InChI=1S/C25H30ClN3O3/c1-18(27-16-20-6-8-22(26)9-7-20)24-15-25(21(17-28-24)5-4-14-31-3)32-23-10-12-29(13-11-23)19(2)30/h4-9,15,17,23,27H,1,10-14,16H2,2-3H3/b5-4+. The van der Waals surface area contributed by atoms with Crippen molar-refractivity contribution in [1.29, 1.82) is 0 Å². The Bertz CT molecular complexity index is 951. The molecule has 1 aliphatic heterocycles. The minimum Gasteiger partial charge on any atom is -0.490 e. The molecule has 2 heterocycles. The number of aromatic nitrogens is 1. The Hall–Kier alpha value is -2.83. The zero-order valence-corrected chi connectivity index (χ0v) is 19.4. The van der Waals surface area contributed by atoms with Gasteiger partial charge in [-0.25, -0.2) is 0 Å². The first-order chi connectivity index (χ1) is 15.5. The molecule has 1 saturated heterocycles. The van der Waals surface area contributed by atoms with Gasteiger partial charge in [-0.1, -0.05) is 42.5 Å². The molecule has 1 aliphatic rings. The maximum Gasteiger partial charge on any atom is 0.219 e. The molecule has 1 fully saturated rings. The van der Waals surface area contributed by atoms with Gasteiger partial charge in [-0.05, 0) is 17.7 Å². The van der Waals surface area contributed by atoms with Crippen molar-refractivity contribution in [2.45, 2.75) is 32.4 Å². The number of halogens is 1. The molecule has 32 heavy (non-hydrogen) atoms. The van der Waals surface area contributed by atoms with Crippen LogP contribution in [0.3, 0.4) is 0 Å². The van der Waals surface area contributed by atoms with Crippen molar-refractivity contribution in [2.24, 2.45) is 0 Å². The molecule has 1 N–H and O–H groups in total. The summed E-state index contributed by atoms with van der Waals surface area (Å²) in [5.41, 5.74) is 3.41. The highest BCUT2D eigenvalue weighted by molar-refractivity contribution is 6.30. The predicted molar refractivity (Wildman–Crippen MR) is 128 cm³/mol. The third-order valence-electron chi connectivity index (χ3n) is 5.36. The maximum atomic E-state index is 11.6. The molecular formula is C25H30ClN3O3. The molecule has 0 bridgehead atoms. The van der Waals surface area contributed by atoms with Crippen LogP contribution in [0.2, 0.25) is 5.02 Å². The van der Waals surface area contributed by atoms with Crippen LogP contribution in [0.1, 0.15) is 36.6 Å². The lowest BCUT2D eigenvalue weighted by Crippen LogP contribution is -2.40. The van der Waals surface area contributed by atoms with Crippen molar-refractivity contribution in [1.82, 2.24) is 15.2 Å². The fraction of sp³-hybridized carbons (Fsp3) is 0.360. The van der Waals surface area contributed by atoms with E-state index < -0.39 is 0 Å². The van der Waals surface area contributed by atoms with E-state index in [2.05, 4.69) is 16.9 Å². The molecule has 0 aliphatic carbocycles. The molecule has 6 nitrogen and oxygen atoms in total. The van der Waals surface area contributed by atoms with E-state index in [-0.39, 0.29) is 12.0 Å². The molecule has 0 unspecified atom stereocenters. The molecule has 0 saturated carbocycles. The van der Waals surface area contributed by atoms with Crippen molar-refractivity contribution in [2.75, 3.05) is 26.8 Å². The first kappa shape index (κ1) is 23.8. The van der Waals surface area contributed by atoms with Crippen molar-refractivity contribution >= 4 is 29.3 Å². The van der Waals surface area contributed by atoms with Gasteiger partial charge in [0.15, 0.2) is 0 Å². The van der Waals surface area contributed by atoms with Crippen molar-refractivity contribution in [3.63, 3.8) is 0 Å². The van der Waals surface area contributed by atoms with Crippen LogP contribution >= 0.6 is 11.6 Å². The highest BCUT2D eigenvalue weighted by atomic mass is 35.5. The molecule has 2 aromatic rings. The second-order valence-electron chi connectivity index (χ2n) is 7.75. The minimum absolute atomic E-state index is 0.0470. The van der Waals surface area contributed by atoms with Gasteiger partial charge in [0.1, 0.15) is 11.9 Å². The normalized spacial score (nSPS) is 14.5. The van der Waals surface area contributed by atoms with E-state index in [4.69, 9.17) is 21.1 Å². The largest absolute Gasteiger partial charge is 0.490 e. The Morgan fingerprint density at radius 3 is 2.69 bits per heavy atom. The average Bonchev–Trinajstić information content (AvgIpc) is 2.80. The zero-order chi connectivity index (χ0) is 22.9. The van der Waals surface area contributed by atoms with Crippen LogP contribution in [-0.2, 0) is 16.1 Å². The summed E-state index contributed by atoms with van der Waals surface area (Å²) in [7, 11) is 1.66. The Labute approximate surface area is 194 Å². The lowest BCUT2D eigenvalue weighted by Gasteiger charge is -2.31. The van der Waals surface area contributed by atoms with Gasteiger partial charge >= 0.3 is 0 Å². The molecular weight excluding hydrogens is 426 g/mol. The number of piperidine rings is 1. The molecule has 1 aromatic heterocycles. The Kier molecular flexibility index (Phi) is 8.71. The monoisotopic (exact) mass is 455 g/mol. The number of carbonyl (C=O) groups is 1. The molecule has 3 rings (SSSR count). The van der Waals surface area contributed by atoms with Crippen LogP contribution < -0.4 is 10.1 Å². The van der Waals surface area contributed by atoms with Crippen molar-refractivity contribution in [3.8, 4) is 5.75 Å². The van der Waals surface area contributed by atoms with Crippen LogP contribution in [0.4, 0.5) is 0 Å². The van der Waals surface area contributed by atoms with Gasteiger partial charge < -0.3 is 19.7 Å². The van der Waals surface area contributed by atoms with Crippen LogP contribution in [-0.4, -0.2) is 48.7 Å². The summed E-state index contributed by atoms with van der Waals surface area (Å²) in [5, 5.41) is 4.03. The molecule has 7 heteroatoms. The summed E-state index contributed by atoms with van der Waals surface area (Å²) < 4.78 is 11.5. The number of methoxy groups -OCH3 is 1. The number of pyridine rings is 1. The molecule has 0 radical (unpaired) electrons. The summed E-state index contributed by atoms with van der Waals surface area (Å²) in [6, 6.07) is 9.60. The van der Waals surface area contributed by atoms with Gasteiger partial charge in [-0.3, -0.25) is 9.78 Å². The smallest absolute Gasteiger partial charge is 0.219 e. The molecule has 0 atom stereocenters. The minimum atomic E-state index is 0.0470. The number of carbonyl (C=O) groups excluding carboxylic acids is 1. The number of amides is 1. The van der Waals surface area contributed by atoms with E-state index in [0.29, 0.717) is 37.0 Å². The second-order valence-corrected chi connectivity index (χ2v) is 8.18. The number of likely N-dealkylation sites (tertiary alicyclic amines) is 1. The molecule has 170 valence electrons. The Morgan fingerprint density at radius 1 is 1.31 bits per heavy atom. The lowest BCUT2D eigenvalue weighted by atomic mass is 10.1. The van der Waals surface area contributed by atoms with E-state index in [9.17, 15) is 4.79 Å². The summed E-state index contributed by atoms with van der Waals surface area (Å²) in [4.78, 5) is 18.0. The summed E-state index contributed by atoms with van der Waals surface area (Å²) in [6.45, 7) is 8.30. The fourth-order valence-corrected chi connectivity index (χ4v) is 3.61. The van der Waals surface area contributed by atoms with E-state index >= 15 is 0 Å². The van der Waals surface area contributed by atoms with E-state index in [1.54, 1.807) is 20.2 Å². The van der Waals surface area contributed by atoms with E-state index in [1.165, 1.54) is 0 Å². The van der Waals surface area contributed by atoms with Crippen LogP contribution in [0.15, 0.2) is 49.2 Å². The van der Waals surface area contributed by atoms with Crippen molar-refractivity contribution in [3.05, 3.63) is 71.0 Å². The summed E-state index contributed by atoms with van der Waals surface area (Å²) >= 11 is 5.96. The number of nitrogens with zero attached hydrogens (tertiary/aromatic N) is 2. The van der Waals surface area contributed by atoms with Gasteiger partial charge in [0.2, 0.25) is 5.91 Å². The highest BCUT2D eigenvalue weighted by Crippen LogP contribution is 2.26. The lowest BCUT2D eigenvalue weighted by molar-refractivity contribution is -0.130. The number of nitrogens with one attached hydrogen (secondary N) is 1. The zero-order valence-electron chi connectivity index (χ0n) is 18.6. The first-order valence-corrected chi connectivity index (χ1v) is 11.1. The van der Waals surface area contributed by atoms with Gasteiger partial charge in [0.05, 0.1) is 18.0 Å². The van der Waals surface area contributed by atoms with Crippen LogP contribution in [0.25, 0.3) is 11.8 Å². The summed E-state index contributed by atoms with van der Waals surface area (Å²) in [5.74, 6) is 0.860. The quantitative estimate of drug-likeness (QED) is 0.601. The first-order valence-electron chi connectivity index (χ1n) is 10.7. The highest BCUT2D eigenvalue weighted by Gasteiger charge is 2.23. The molecule has 0 spiro atoms. The topological polar surface area (TPSA) is 63.7 Å². The summed E-state index contributed by atoms with van der Waals surface area (Å²) in [6.07, 6.45) is 7.31. The maximum absolute atomic E-state index is 11.6. The van der Waals surface area contributed by atoms with Crippen LogP contribution in [0.5, 0.6) is 5.75 Å². The average molecular weight is 456 g/mol. The van der Waals surface area contributed by atoms with E-state index in [1.807, 2.05) is 47.4 Å². The Balaban J connectivity index is 1.71. The third-order valence-corrected chi connectivity index (χ3v) is 5.62. The Morgan fingerprint density at radius 2 is 2.03 bits per heavy atom. The molecule has 1 aromatic carbocycles.